The number of aromatic nitrogens is 2. The van der Waals surface area contributed by atoms with Crippen molar-refractivity contribution in [1.82, 2.24) is 9.55 Å². The van der Waals surface area contributed by atoms with Crippen molar-refractivity contribution in [2.45, 2.75) is 25.8 Å². The Bertz CT molecular complexity index is 512. The maximum absolute atomic E-state index is 4.69. The fourth-order valence-electron chi connectivity index (χ4n) is 2.06. The molecule has 82 valence electrons. The molecule has 1 aromatic heterocycles. The third kappa shape index (κ3) is 1.67. The third-order valence-electron chi connectivity index (χ3n) is 3.04. The maximum Gasteiger partial charge on any atom is 0.141 e. The number of halogens is 1. The molecule has 1 aromatic carbocycles. The summed E-state index contributed by atoms with van der Waals surface area (Å²) < 4.78 is 3.53. The Morgan fingerprint density at radius 3 is 2.56 bits per heavy atom. The predicted molar refractivity (Wildman–Crippen MR) is 73.4 cm³/mol. The number of hydrogen-bond donors (Lipinski definition) is 0. The predicted octanol–water partition coefficient (Wildman–Crippen LogP) is 3.80. The first-order chi connectivity index (χ1) is 7.77. The topological polar surface area (TPSA) is 17.8 Å². The van der Waals surface area contributed by atoms with Crippen LogP contribution in [0.15, 0.2) is 30.3 Å². The number of hydrogen-bond acceptors (Lipinski definition) is 1. The average molecular weight is 324 g/mol. The van der Waals surface area contributed by atoms with Gasteiger partial charge in [0.15, 0.2) is 0 Å². The summed E-state index contributed by atoms with van der Waals surface area (Å²) >= 11 is 2.33. The van der Waals surface area contributed by atoms with Crippen molar-refractivity contribution in [3.05, 3.63) is 39.7 Å². The summed E-state index contributed by atoms with van der Waals surface area (Å²) in [4.78, 5) is 4.69. The second-order valence-electron chi connectivity index (χ2n) is 4.28. The zero-order chi connectivity index (χ0) is 11.1. The van der Waals surface area contributed by atoms with Crippen LogP contribution in [-0.2, 0) is 0 Å². The molecule has 1 saturated carbocycles. The molecule has 0 aliphatic heterocycles. The molecular formula is C13H13IN2. The van der Waals surface area contributed by atoms with E-state index >= 15 is 0 Å². The summed E-state index contributed by atoms with van der Waals surface area (Å²) in [5.74, 6) is 1.13. The first-order valence-electron chi connectivity index (χ1n) is 5.57. The minimum Gasteiger partial charge on any atom is -0.324 e. The van der Waals surface area contributed by atoms with E-state index in [-0.39, 0.29) is 0 Å². The highest BCUT2D eigenvalue weighted by Crippen LogP contribution is 2.40. The van der Waals surface area contributed by atoms with Crippen LogP contribution in [0, 0.1) is 10.6 Å². The van der Waals surface area contributed by atoms with E-state index in [4.69, 9.17) is 4.98 Å². The highest BCUT2D eigenvalue weighted by molar-refractivity contribution is 14.1. The SMILES string of the molecule is Cc1c(I)nc(-c2ccccc2)n1C1CC1. The van der Waals surface area contributed by atoms with Gasteiger partial charge in [0, 0.05) is 17.3 Å². The van der Waals surface area contributed by atoms with E-state index < -0.39 is 0 Å². The van der Waals surface area contributed by atoms with Crippen LogP contribution in [-0.4, -0.2) is 9.55 Å². The Morgan fingerprint density at radius 2 is 1.94 bits per heavy atom. The minimum atomic E-state index is 0.686. The Morgan fingerprint density at radius 1 is 1.25 bits per heavy atom. The molecule has 1 heterocycles. The fraction of sp³-hybridized carbons (Fsp3) is 0.308. The molecule has 0 N–H and O–H groups in total. The van der Waals surface area contributed by atoms with E-state index in [1.807, 2.05) is 6.07 Å². The second kappa shape index (κ2) is 3.87. The molecule has 0 radical (unpaired) electrons. The van der Waals surface area contributed by atoms with Crippen LogP contribution in [0.3, 0.4) is 0 Å². The van der Waals surface area contributed by atoms with Gasteiger partial charge < -0.3 is 4.57 Å². The summed E-state index contributed by atoms with van der Waals surface area (Å²) in [5, 5.41) is 0. The lowest BCUT2D eigenvalue weighted by molar-refractivity contribution is 0.725. The zero-order valence-electron chi connectivity index (χ0n) is 9.15. The highest BCUT2D eigenvalue weighted by Gasteiger charge is 2.29. The summed E-state index contributed by atoms with van der Waals surface area (Å²) in [5.41, 5.74) is 2.53. The van der Waals surface area contributed by atoms with Crippen LogP contribution in [0.4, 0.5) is 0 Å². The van der Waals surface area contributed by atoms with E-state index in [0.29, 0.717) is 6.04 Å². The molecule has 0 amide bonds. The summed E-state index contributed by atoms with van der Waals surface area (Å²) in [6, 6.07) is 11.2. The van der Waals surface area contributed by atoms with Gasteiger partial charge in [0.1, 0.15) is 9.53 Å². The molecule has 0 unspecified atom stereocenters. The molecule has 0 spiro atoms. The molecule has 0 bridgehead atoms. The van der Waals surface area contributed by atoms with E-state index in [1.165, 1.54) is 24.1 Å². The van der Waals surface area contributed by atoms with Gasteiger partial charge in [0.2, 0.25) is 0 Å². The van der Waals surface area contributed by atoms with Crippen molar-refractivity contribution in [2.24, 2.45) is 0 Å². The molecular weight excluding hydrogens is 311 g/mol. The van der Waals surface area contributed by atoms with Gasteiger partial charge in [-0.15, -0.1) is 0 Å². The van der Waals surface area contributed by atoms with Gasteiger partial charge in [0.25, 0.3) is 0 Å². The Kier molecular flexibility index (Phi) is 2.50. The lowest BCUT2D eigenvalue weighted by atomic mass is 10.2. The van der Waals surface area contributed by atoms with Crippen molar-refractivity contribution < 1.29 is 0 Å². The molecule has 2 aromatic rings. The van der Waals surface area contributed by atoms with E-state index in [2.05, 4.69) is 58.3 Å². The molecule has 16 heavy (non-hydrogen) atoms. The number of nitrogens with zero attached hydrogens (tertiary/aromatic N) is 2. The molecule has 3 rings (SSSR count). The van der Waals surface area contributed by atoms with E-state index in [1.54, 1.807) is 0 Å². The van der Waals surface area contributed by atoms with Crippen molar-refractivity contribution in [3.8, 4) is 11.4 Å². The molecule has 1 aliphatic rings. The fourth-order valence-corrected chi connectivity index (χ4v) is 2.54. The van der Waals surface area contributed by atoms with Gasteiger partial charge >= 0.3 is 0 Å². The van der Waals surface area contributed by atoms with Gasteiger partial charge in [-0.05, 0) is 42.4 Å². The van der Waals surface area contributed by atoms with Crippen LogP contribution in [0.1, 0.15) is 24.6 Å². The molecule has 1 aliphatic carbocycles. The largest absolute Gasteiger partial charge is 0.324 e. The van der Waals surface area contributed by atoms with Crippen molar-refractivity contribution in [1.29, 1.82) is 0 Å². The molecule has 2 nitrogen and oxygen atoms in total. The van der Waals surface area contributed by atoms with Crippen LogP contribution in [0.5, 0.6) is 0 Å². The number of imidazole rings is 1. The quantitative estimate of drug-likeness (QED) is 0.769. The van der Waals surface area contributed by atoms with Crippen LogP contribution >= 0.6 is 22.6 Å². The molecule has 3 heteroatoms. The Balaban J connectivity index is 2.17. The first-order valence-corrected chi connectivity index (χ1v) is 6.65. The third-order valence-corrected chi connectivity index (χ3v) is 4.06. The number of benzene rings is 1. The smallest absolute Gasteiger partial charge is 0.141 e. The van der Waals surface area contributed by atoms with Gasteiger partial charge in [-0.1, -0.05) is 30.3 Å². The van der Waals surface area contributed by atoms with Gasteiger partial charge in [-0.25, -0.2) is 4.98 Å². The minimum absolute atomic E-state index is 0.686. The average Bonchev–Trinajstić information content (AvgIpc) is 3.09. The van der Waals surface area contributed by atoms with Crippen LogP contribution in [0.25, 0.3) is 11.4 Å². The summed E-state index contributed by atoms with van der Waals surface area (Å²) in [7, 11) is 0. The Labute approximate surface area is 109 Å². The lowest BCUT2D eigenvalue weighted by Gasteiger charge is -2.08. The first kappa shape index (κ1) is 10.3. The monoisotopic (exact) mass is 324 g/mol. The summed E-state index contributed by atoms with van der Waals surface area (Å²) in [6.45, 7) is 2.17. The molecule has 0 atom stereocenters. The van der Waals surface area contributed by atoms with Crippen molar-refractivity contribution in [2.75, 3.05) is 0 Å². The van der Waals surface area contributed by atoms with Crippen LogP contribution in [0.2, 0.25) is 0 Å². The Hall–Kier alpha value is -0.840. The van der Waals surface area contributed by atoms with E-state index in [0.717, 1.165) is 9.53 Å². The van der Waals surface area contributed by atoms with Crippen molar-refractivity contribution in [3.63, 3.8) is 0 Å². The second-order valence-corrected chi connectivity index (χ2v) is 5.30. The highest BCUT2D eigenvalue weighted by atomic mass is 127. The summed E-state index contributed by atoms with van der Waals surface area (Å²) in [6.07, 6.45) is 2.60. The normalized spacial score (nSPS) is 15.4. The van der Waals surface area contributed by atoms with Gasteiger partial charge in [-0.2, -0.15) is 0 Å². The van der Waals surface area contributed by atoms with Crippen LogP contribution < -0.4 is 0 Å². The standard InChI is InChI=1S/C13H13IN2/c1-9-12(14)15-13(16(9)11-7-8-11)10-5-3-2-4-6-10/h2-6,11H,7-8H2,1H3. The van der Waals surface area contributed by atoms with Gasteiger partial charge in [0.05, 0.1) is 0 Å². The molecule has 1 fully saturated rings. The van der Waals surface area contributed by atoms with E-state index in [9.17, 15) is 0 Å². The van der Waals surface area contributed by atoms with Gasteiger partial charge in [-0.3, -0.25) is 0 Å². The maximum atomic E-state index is 4.69. The number of rotatable bonds is 2. The zero-order valence-corrected chi connectivity index (χ0v) is 11.3. The lowest BCUT2D eigenvalue weighted by Crippen LogP contribution is -1.99. The van der Waals surface area contributed by atoms with Crippen molar-refractivity contribution >= 4 is 22.6 Å². The molecule has 0 saturated heterocycles.